The third kappa shape index (κ3) is 7.21. The van der Waals surface area contributed by atoms with Crippen molar-refractivity contribution in [3.05, 3.63) is 47.3 Å². The highest BCUT2D eigenvalue weighted by Crippen LogP contribution is 2.30. The van der Waals surface area contributed by atoms with E-state index in [9.17, 15) is 13.2 Å². The van der Waals surface area contributed by atoms with Gasteiger partial charge in [-0.2, -0.15) is 13.2 Å². The van der Waals surface area contributed by atoms with E-state index in [-0.39, 0.29) is 0 Å². The molecule has 0 saturated heterocycles. The summed E-state index contributed by atoms with van der Waals surface area (Å²) in [7, 11) is 0. The molecule has 0 amide bonds. The van der Waals surface area contributed by atoms with Crippen molar-refractivity contribution in [3.63, 3.8) is 0 Å². The van der Waals surface area contributed by atoms with E-state index in [0.717, 1.165) is 47.4 Å². The fraction of sp³-hybridized carbons (Fsp3) is 0.444. The molecule has 0 atom stereocenters. The lowest BCUT2D eigenvalue weighted by atomic mass is 10.2. The molecule has 0 bridgehead atoms. The van der Waals surface area contributed by atoms with E-state index >= 15 is 0 Å². The average Bonchev–Trinajstić information content (AvgIpc) is 2.56. The first kappa shape index (κ1) is 20.5. The van der Waals surface area contributed by atoms with Crippen LogP contribution in [0.3, 0.4) is 0 Å². The highest BCUT2D eigenvalue weighted by molar-refractivity contribution is 7.99. The predicted octanol–water partition coefficient (Wildman–Crippen LogP) is 4.30. The SMILES string of the molecule is Cc1cc(C)nc(SCCCNCCNc2cccc(C(F)(F)F)c2)n1. The maximum atomic E-state index is 12.6. The minimum Gasteiger partial charge on any atom is -0.384 e. The number of aromatic nitrogens is 2. The minimum atomic E-state index is -4.31. The monoisotopic (exact) mass is 384 g/mol. The summed E-state index contributed by atoms with van der Waals surface area (Å²) in [6.45, 7) is 5.99. The second-order valence-electron chi connectivity index (χ2n) is 5.89. The highest BCUT2D eigenvalue weighted by Gasteiger charge is 2.30. The first-order chi connectivity index (χ1) is 12.3. The molecular formula is C18H23F3N4S. The second kappa shape index (κ2) is 9.78. The minimum absolute atomic E-state index is 0.476. The number of hydrogen-bond acceptors (Lipinski definition) is 5. The number of aryl methyl sites for hydroxylation is 2. The molecule has 0 saturated carbocycles. The van der Waals surface area contributed by atoms with Gasteiger partial charge in [-0.25, -0.2) is 9.97 Å². The molecular weight excluding hydrogens is 361 g/mol. The van der Waals surface area contributed by atoms with Crippen molar-refractivity contribution in [1.82, 2.24) is 15.3 Å². The van der Waals surface area contributed by atoms with Crippen LogP contribution >= 0.6 is 11.8 Å². The van der Waals surface area contributed by atoms with Gasteiger partial charge in [0.05, 0.1) is 5.56 Å². The summed E-state index contributed by atoms with van der Waals surface area (Å²) in [5, 5.41) is 7.07. The van der Waals surface area contributed by atoms with Crippen molar-refractivity contribution in [3.8, 4) is 0 Å². The van der Waals surface area contributed by atoms with Crippen molar-refractivity contribution < 1.29 is 13.2 Å². The molecule has 0 radical (unpaired) electrons. The number of rotatable bonds is 9. The smallest absolute Gasteiger partial charge is 0.384 e. The van der Waals surface area contributed by atoms with Gasteiger partial charge >= 0.3 is 6.18 Å². The molecule has 0 unspecified atom stereocenters. The molecule has 0 aliphatic heterocycles. The number of halogens is 3. The molecule has 1 heterocycles. The maximum absolute atomic E-state index is 12.6. The third-order valence-corrected chi connectivity index (χ3v) is 4.45. The fourth-order valence-corrected chi connectivity index (χ4v) is 3.23. The van der Waals surface area contributed by atoms with Crippen LogP contribution in [0.25, 0.3) is 0 Å². The van der Waals surface area contributed by atoms with Crippen LogP contribution < -0.4 is 10.6 Å². The van der Waals surface area contributed by atoms with Gasteiger partial charge in [0.2, 0.25) is 0 Å². The quantitative estimate of drug-likeness (QED) is 0.384. The van der Waals surface area contributed by atoms with Gasteiger partial charge in [-0.1, -0.05) is 17.8 Å². The average molecular weight is 384 g/mol. The zero-order valence-corrected chi connectivity index (χ0v) is 15.7. The zero-order valence-electron chi connectivity index (χ0n) is 14.9. The molecule has 2 rings (SSSR count). The molecule has 0 aliphatic carbocycles. The Morgan fingerprint density at radius 1 is 1.00 bits per heavy atom. The van der Waals surface area contributed by atoms with Gasteiger partial charge in [0.25, 0.3) is 0 Å². The standard InChI is InChI=1S/C18H23F3N4S/c1-13-11-14(2)25-17(24-13)26-10-4-7-22-8-9-23-16-6-3-5-15(12-16)18(19,20)21/h3,5-6,11-12,22-23H,4,7-10H2,1-2H3. The van der Waals surface area contributed by atoms with Crippen molar-refractivity contribution in [2.75, 3.05) is 30.7 Å². The number of thioether (sulfide) groups is 1. The van der Waals surface area contributed by atoms with E-state index in [1.807, 2.05) is 19.9 Å². The Bertz CT molecular complexity index is 687. The summed E-state index contributed by atoms with van der Waals surface area (Å²) in [6, 6.07) is 7.19. The number of anilines is 1. The Balaban J connectivity index is 1.58. The summed E-state index contributed by atoms with van der Waals surface area (Å²) in [5.74, 6) is 0.914. The summed E-state index contributed by atoms with van der Waals surface area (Å²) >= 11 is 1.63. The molecule has 26 heavy (non-hydrogen) atoms. The molecule has 2 aromatic rings. The number of benzene rings is 1. The summed E-state index contributed by atoms with van der Waals surface area (Å²) < 4.78 is 37.9. The molecule has 0 fully saturated rings. The lowest BCUT2D eigenvalue weighted by Crippen LogP contribution is -2.23. The van der Waals surface area contributed by atoms with Gasteiger partial charge < -0.3 is 10.6 Å². The molecule has 1 aromatic carbocycles. The maximum Gasteiger partial charge on any atom is 0.416 e. The van der Waals surface area contributed by atoms with Crippen molar-refractivity contribution in [1.29, 1.82) is 0 Å². The van der Waals surface area contributed by atoms with Crippen LogP contribution in [0.5, 0.6) is 0 Å². The van der Waals surface area contributed by atoms with E-state index in [4.69, 9.17) is 0 Å². The van der Waals surface area contributed by atoms with E-state index in [2.05, 4.69) is 20.6 Å². The van der Waals surface area contributed by atoms with E-state index < -0.39 is 11.7 Å². The van der Waals surface area contributed by atoms with Crippen LogP contribution in [0.15, 0.2) is 35.5 Å². The second-order valence-corrected chi connectivity index (χ2v) is 6.95. The number of hydrogen-bond donors (Lipinski definition) is 2. The van der Waals surface area contributed by atoms with E-state index in [1.54, 1.807) is 17.8 Å². The van der Waals surface area contributed by atoms with Crippen molar-refractivity contribution in [2.45, 2.75) is 31.6 Å². The van der Waals surface area contributed by atoms with Crippen molar-refractivity contribution in [2.24, 2.45) is 0 Å². The van der Waals surface area contributed by atoms with Gasteiger partial charge in [0.15, 0.2) is 5.16 Å². The number of nitrogens with one attached hydrogen (secondary N) is 2. The Labute approximate surface area is 156 Å². The van der Waals surface area contributed by atoms with Gasteiger partial charge in [0.1, 0.15) is 0 Å². The first-order valence-electron chi connectivity index (χ1n) is 8.41. The number of alkyl halides is 3. The molecule has 8 heteroatoms. The molecule has 4 nitrogen and oxygen atoms in total. The van der Waals surface area contributed by atoms with Crippen LogP contribution in [0, 0.1) is 13.8 Å². The van der Waals surface area contributed by atoms with Crippen LogP contribution in [-0.2, 0) is 6.18 Å². The first-order valence-corrected chi connectivity index (χ1v) is 9.40. The topological polar surface area (TPSA) is 49.8 Å². The van der Waals surface area contributed by atoms with Gasteiger partial charge in [-0.3, -0.25) is 0 Å². The van der Waals surface area contributed by atoms with Gasteiger partial charge in [-0.15, -0.1) is 0 Å². The Hall–Kier alpha value is -1.80. The van der Waals surface area contributed by atoms with E-state index in [1.165, 1.54) is 6.07 Å². The lowest BCUT2D eigenvalue weighted by Gasteiger charge is -2.11. The molecule has 1 aromatic heterocycles. The Morgan fingerprint density at radius 3 is 2.42 bits per heavy atom. The highest BCUT2D eigenvalue weighted by atomic mass is 32.2. The molecule has 2 N–H and O–H groups in total. The number of nitrogens with zero attached hydrogens (tertiary/aromatic N) is 2. The van der Waals surface area contributed by atoms with Gasteiger partial charge in [0, 0.05) is 35.9 Å². The largest absolute Gasteiger partial charge is 0.416 e. The summed E-state index contributed by atoms with van der Waals surface area (Å²) in [6.07, 6.45) is -3.35. The fourth-order valence-electron chi connectivity index (χ4n) is 2.34. The summed E-state index contributed by atoms with van der Waals surface area (Å²) in [5.41, 5.74) is 1.78. The van der Waals surface area contributed by atoms with E-state index in [0.29, 0.717) is 18.8 Å². The molecule has 0 aliphatic rings. The van der Waals surface area contributed by atoms with Crippen LogP contribution in [0.4, 0.5) is 18.9 Å². The molecule has 0 spiro atoms. The van der Waals surface area contributed by atoms with Crippen molar-refractivity contribution >= 4 is 17.4 Å². The Morgan fingerprint density at radius 2 is 1.73 bits per heavy atom. The van der Waals surface area contributed by atoms with Crippen LogP contribution in [0.2, 0.25) is 0 Å². The Kier molecular flexibility index (Phi) is 7.71. The van der Waals surface area contributed by atoms with Crippen LogP contribution in [-0.4, -0.2) is 35.4 Å². The normalized spacial score (nSPS) is 11.6. The molecule has 142 valence electrons. The predicted molar refractivity (Wildman–Crippen MR) is 99.7 cm³/mol. The van der Waals surface area contributed by atoms with Gasteiger partial charge in [-0.05, 0) is 51.1 Å². The van der Waals surface area contributed by atoms with Crippen LogP contribution in [0.1, 0.15) is 23.4 Å². The third-order valence-electron chi connectivity index (χ3n) is 3.51. The summed E-state index contributed by atoms with van der Waals surface area (Å²) in [4.78, 5) is 8.76. The zero-order chi connectivity index (χ0) is 19.0. The lowest BCUT2D eigenvalue weighted by molar-refractivity contribution is -0.137.